The Morgan fingerprint density at radius 2 is 1.87 bits per heavy atom. The molecule has 1 amide bonds. The molecule has 0 aliphatic carbocycles. The number of rotatable bonds is 4. The van der Waals surface area contributed by atoms with Crippen LogP contribution in [-0.4, -0.2) is 12.8 Å². The molecule has 1 radical (unpaired) electrons. The summed E-state index contributed by atoms with van der Waals surface area (Å²) in [7, 11) is 0. The number of nitrogens with one attached hydrogen (secondary N) is 1. The molecule has 0 spiro atoms. The average Bonchev–Trinajstić information content (AvgIpc) is 2.14. The van der Waals surface area contributed by atoms with Crippen molar-refractivity contribution < 1.29 is 22.7 Å². The van der Waals surface area contributed by atoms with Gasteiger partial charge in [-0.15, -0.1) is 13.2 Å². The third-order valence-electron chi connectivity index (χ3n) is 1.52. The van der Waals surface area contributed by atoms with Gasteiger partial charge in [0, 0.05) is 6.54 Å². The third kappa shape index (κ3) is 4.35. The third-order valence-corrected chi connectivity index (χ3v) is 1.52. The summed E-state index contributed by atoms with van der Waals surface area (Å²) in [5, 5.41) is 2.26. The number of hydrogen-bond acceptors (Lipinski definition) is 2. The largest absolute Gasteiger partial charge is 0.573 e. The Kier molecular flexibility index (Phi) is 3.54. The Morgan fingerprint density at radius 3 is 2.33 bits per heavy atom. The second-order valence-corrected chi connectivity index (χ2v) is 2.65. The first kappa shape index (κ1) is 11.4. The van der Waals surface area contributed by atoms with Crippen LogP contribution in [0.2, 0.25) is 0 Å². The van der Waals surface area contributed by atoms with Crippen molar-refractivity contribution in [3.05, 3.63) is 29.8 Å². The van der Waals surface area contributed by atoms with Crippen LogP contribution in [-0.2, 0) is 11.3 Å². The number of amides is 1. The first-order valence-corrected chi connectivity index (χ1v) is 3.96. The van der Waals surface area contributed by atoms with Crippen molar-refractivity contribution in [3.8, 4) is 5.75 Å². The lowest BCUT2D eigenvalue weighted by Crippen LogP contribution is -2.17. The average molecular weight is 218 g/mol. The predicted molar refractivity (Wildman–Crippen MR) is 45.7 cm³/mol. The fourth-order valence-corrected chi connectivity index (χ4v) is 0.947. The summed E-state index contributed by atoms with van der Waals surface area (Å²) in [4.78, 5) is 9.82. The normalized spacial score (nSPS) is 10.9. The van der Waals surface area contributed by atoms with Gasteiger partial charge in [-0.05, 0) is 17.7 Å². The zero-order chi connectivity index (χ0) is 11.3. The summed E-state index contributed by atoms with van der Waals surface area (Å²) in [6.45, 7) is 0.218. The number of halogens is 3. The highest BCUT2D eigenvalue weighted by atomic mass is 19.4. The van der Waals surface area contributed by atoms with Crippen LogP contribution in [0.5, 0.6) is 5.75 Å². The molecule has 0 aromatic heterocycles. The minimum Gasteiger partial charge on any atom is -0.406 e. The van der Waals surface area contributed by atoms with Crippen molar-refractivity contribution in [1.29, 1.82) is 0 Å². The summed E-state index contributed by atoms with van der Waals surface area (Å²) in [5.74, 6) is -0.290. The van der Waals surface area contributed by atoms with Crippen molar-refractivity contribution in [2.24, 2.45) is 0 Å². The maximum atomic E-state index is 11.8. The van der Waals surface area contributed by atoms with Gasteiger partial charge in [0.1, 0.15) is 5.75 Å². The number of hydrogen-bond donors (Lipinski definition) is 1. The van der Waals surface area contributed by atoms with Crippen molar-refractivity contribution in [2.45, 2.75) is 12.9 Å². The van der Waals surface area contributed by atoms with E-state index >= 15 is 0 Å². The highest BCUT2D eigenvalue weighted by Gasteiger charge is 2.30. The Bertz CT molecular complexity index is 321. The molecule has 0 aliphatic rings. The highest BCUT2D eigenvalue weighted by molar-refractivity contribution is 5.47. The molecule has 0 fully saturated rings. The van der Waals surface area contributed by atoms with E-state index in [9.17, 15) is 18.0 Å². The molecule has 15 heavy (non-hydrogen) atoms. The Labute approximate surface area is 83.8 Å². The predicted octanol–water partition coefficient (Wildman–Crippen LogP) is 1.74. The molecule has 3 nitrogen and oxygen atoms in total. The molecule has 0 saturated carbocycles. The van der Waals surface area contributed by atoms with Crippen molar-refractivity contribution in [1.82, 2.24) is 5.32 Å². The zero-order valence-electron chi connectivity index (χ0n) is 7.47. The summed E-state index contributed by atoms with van der Waals surface area (Å²) < 4.78 is 38.9. The molecule has 0 unspecified atom stereocenters. The molecular weight excluding hydrogens is 211 g/mol. The van der Waals surface area contributed by atoms with Crippen LogP contribution in [0.4, 0.5) is 13.2 Å². The summed E-state index contributed by atoms with van der Waals surface area (Å²) in [6, 6.07) is 5.20. The topological polar surface area (TPSA) is 38.3 Å². The van der Waals surface area contributed by atoms with Crippen LogP contribution in [0.25, 0.3) is 0 Å². The van der Waals surface area contributed by atoms with E-state index in [0.717, 1.165) is 0 Å². The van der Waals surface area contributed by atoms with Crippen LogP contribution < -0.4 is 10.1 Å². The highest BCUT2D eigenvalue weighted by Crippen LogP contribution is 2.22. The Morgan fingerprint density at radius 1 is 1.27 bits per heavy atom. The Hall–Kier alpha value is -1.72. The van der Waals surface area contributed by atoms with Crippen LogP contribution >= 0.6 is 0 Å². The molecule has 1 N–H and O–H groups in total. The second kappa shape index (κ2) is 4.68. The minimum atomic E-state index is -4.68. The van der Waals surface area contributed by atoms with E-state index in [2.05, 4.69) is 10.1 Å². The van der Waals surface area contributed by atoms with Crippen LogP contribution in [0.3, 0.4) is 0 Å². The Balaban J connectivity index is 2.60. The molecule has 0 atom stereocenters. The van der Waals surface area contributed by atoms with Gasteiger partial charge in [-0.25, -0.2) is 0 Å². The van der Waals surface area contributed by atoms with Crippen LogP contribution in [0.15, 0.2) is 24.3 Å². The van der Waals surface area contributed by atoms with Crippen molar-refractivity contribution >= 4 is 6.41 Å². The lowest BCUT2D eigenvalue weighted by molar-refractivity contribution is -0.274. The molecule has 1 aromatic carbocycles. The number of alkyl halides is 3. The number of ether oxygens (including phenoxy) is 1. The van der Waals surface area contributed by atoms with Gasteiger partial charge in [-0.2, -0.15) is 0 Å². The smallest absolute Gasteiger partial charge is 0.406 e. The van der Waals surface area contributed by atoms with Crippen molar-refractivity contribution in [2.75, 3.05) is 0 Å². The quantitative estimate of drug-likeness (QED) is 0.782. The fourth-order valence-electron chi connectivity index (χ4n) is 0.947. The number of carbonyl (C=O) groups excluding carboxylic acids is 1. The molecule has 0 bridgehead atoms. The van der Waals surface area contributed by atoms with Gasteiger partial charge in [0.05, 0.1) is 0 Å². The van der Waals surface area contributed by atoms with Gasteiger partial charge in [-0.3, -0.25) is 4.79 Å². The molecular formula is C9H7F3NO2. The number of benzene rings is 1. The van der Waals surface area contributed by atoms with E-state index < -0.39 is 6.36 Å². The van der Waals surface area contributed by atoms with Gasteiger partial charge in [0.2, 0.25) is 0 Å². The van der Waals surface area contributed by atoms with E-state index in [1.165, 1.54) is 30.7 Å². The monoisotopic (exact) mass is 218 g/mol. The van der Waals surface area contributed by atoms with Gasteiger partial charge >= 0.3 is 12.8 Å². The summed E-state index contributed by atoms with van der Waals surface area (Å²) in [5.41, 5.74) is 0.660. The first-order chi connectivity index (χ1) is 7.01. The molecule has 81 valence electrons. The summed E-state index contributed by atoms with van der Waals surface area (Å²) >= 11 is 0. The van der Waals surface area contributed by atoms with E-state index in [4.69, 9.17) is 0 Å². The van der Waals surface area contributed by atoms with Crippen molar-refractivity contribution in [3.63, 3.8) is 0 Å². The zero-order valence-corrected chi connectivity index (χ0v) is 7.47. The maximum Gasteiger partial charge on any atom is 0.573 e. The van der Waals surface area contributed by atoms with Gasteiger partial charge in [0.15, 0.2) is 0 Å². The SMILES string of the molecule is O=[C]NCc1ccc(OC(F)(F)F)cc1. The lowest BCUT2D eigenvalue weighted by Gasteiger charge is -2.08. The molecule has 6 heteroatoms. The lowest BCUT2D eigenvalue weighted by atomic mass is 10.2. The van der Waals surface area contributed by atoms with E-state index in [0.29, 0.717) is 5.56 Å². The standard InChI is InChI=1S/C9H7F3NO2/c10-9(11,12)15-8-3-1-7(2-4-8)5-13-6-14/h1-4H,5H2,(H,13,14). The second-order valence-electron chi connectivity index (χ2n) is 2.65. The minimum absolute atomic E-state index is 0.218. The van der Waals surface area contributed by atoms with E-state index in [-0.39, 0.29) is 12.3 Å². The fraction of sp³-hybridized carbons (Fsp3) is 0.222. The van der Waals surface area contributed by atoms with Gasteiger partial charge in [0.25, 0.3) is 0 Å². The van der Waals surface area contributed by atoms with Crippen LogP contribution in [0, 0.1) is 0 Å². The van der Waals surface area contributed by atoms with Gasteiger partial charge in [-0.1, -0.05) is 12.1 Å². The summed E-state index contributed by atoms with van der Waals surface area (Å²) in [6.07, 6.45) is -3.23. The molecule has 1 aromatic rings. The van der Waals surface area contributed by atoms with Crippen LogP contribution in [0.1, 0.15) is 5.56 Å². The van der Waals surface area contributed by atoms with Gasteiger partial charge < -0.3 is 10.1 Å². The molecule has 0 aliphatic heterocycles. The molecule has 1 rings (SSSR count). The molecule has 0 heterocycles. The van der Waals surface area contributed by atoms with E-state index in [1.54, 1.807) is 0 Å². The maximum absolute atomic E-state index is 11.8. The first-order valence-electron chi connectivity index (χ1n) is 3.96. The molecule has 0 saturated heterocycles. The van der Waals surface area contributed by atoms with E-state index in [1.807, 2.05) is 0 Å².